The molecule has 4 aliphatic rings. The van der Waals surface area contributed by atoms with E-state index < -0.39 is 0 Å². The summed E-state index contributed by atoms with van der Waals surface area (Å²) in [6.45, 7) is 0. The maximum atomic E-state index is 5.19. The Morgan fingerprint density at radius 3 is 2.09 bits per heavy atom. The first-order valence-corrected chi connectivity index (χ1v) is 16.7. The van der Waals surface area contributed by atoms with Gasteiger partial charge in [-0.3, -0.25) is 0 Å². The molecule has 1 aliphatic heterocycles. The van der Waals surface area contributed by atoms with Crippen molar-refractivity contribution in [1.82, 2.24) is 10.3 Å². The molecule has 0 saturated carbocycles. The van der Waals surface area contributed by atoms with Crippen LogP contribution in [0.1, 0.15) is 37.7 Å². The van der Waals surface area contributed by atoms with Crippen molar-refractivity contribution < 1.29 is 0 Å². The molecule has 3 aromatic carbocycles. The Morgan fingerprint density at radius 1 is 0.667 bits per heavy atom. The van der Waals surface area contributed by atoms with Gasteiger partial charge in [-0.15, -0.1) is 11.3 Å². The Bertz CT molecular complexity index is 2040. The number of hydrogen-bond acceptors (Lipinski definition) is 5. The van der Waals surface area contributed by atoms with E-state index in [0.717, 1.165) is 54.3 Å². The zero-order valence-electron chi connectivity index (χ0n) is 25.1. The molecule has 0 radical (unpaired) electrons. The number of rotatable bonds is 6. The topological polar surface area (TPSA) is 49.6 Å². The standard InChI is InChI=1S/C40H34N4S/c1-4-11-27(12-5-1)28-19-23-31(24-20-28)38-42-37(30-13-6-2-7-14-30)43-39(44-38)32-25-21-29(22-26-32)34-17-10-18-35-36(34)41-40(45-35)33-15-8-3-9-16-33/h1-9,11-13,15-16,18-21,23-25,30,37H,10,14,17,22,26H2,(H,42,43,44). The fourth-order valence-corrected chi connectivity index (χ4v) is 7.56. The lowest BCUT2D eigenvalue weighted by Crippen LogP contribution is -2.40. The number of allylic oxidation sites excluding steroid dienone is 6. The summed E-state index contributed by atoms with van der Waals surface area (Å²) in [5, 5.41) is 5.91. The summed E-state index contributed by atoms with van der Waals surface area (Å²) >= 11 is 1.81. The summed E-state index contributed by atoms with van der Waals surface area (Å²) in [7, 11) is 0. The van der Waals surface area contributed by atoms with E-state index in [1.807, 2.05) is 11.3 Å². The van der Waals surface area contributed by atoms with Gasteiger partial charge in [-0.25, -0.2) is 15.0 Å². The molecule has 2 unspecified atom stereocenters. The summed E-state index contributed by atoms with van der Waals surface area (Å²) in [6, 6.07) is 29.7. The first kappa shape index (κ1) is 27.7. The van der Waals surface area contributed by atoms with Crippen molar-refractivity contribution in [2.24, 2.45) is 15.9 Å². The predicted octanol–water partition coefficient (Wildman–Crippen LogP) is 7.76. The van der Waals surface area contributed by atoms with Gasteiger partial charge in [0, 0.05) is 17.0 Å². The highest BCUT2D eigenvalue weighted by atomic mass is 32.1. The van der Waals surface area contributed by atoms with Crippen molar-refractivity contribution in [2.75, 3.05) is 0 Å². The number of thiazole rings is 1. The molecule has 4 aromatic rings. The van der Waals surface area contributed by atoms with Crippen LogP contribution in [0, 0.1) is 5.92 Å². The molecular weight excluding hydrogens is 569 g/mol. The second-order valence-corrected chi connectivity index (χ2v) is 12.9. The molecule has 45 heavy (non-hydrogen) atoms. The van der Waals surface area contributed by atoms with Crippen LogP contribution in [0.3, 0.4) is 0 Å². The van der Waals surface area contributed by atoms with Gasteiger partial charge in [-0.05, 0) is 60.0 Å². The molecule has 5 heteroatoms. The minimum atomic E-state index is -0.158. The van der Waals surface area contributed by atoms with Crippen LogP contribution in [0.5, 0.6) is 0 Å². The van der Waals surface area contributed by atoms with E-state index >= 15 is 0 Å². The van der Waals surface area contributed by atoms with Gasteiger partial charge in [0.15, 0.2) is 6.17 Å². The highest BCUT2D eigenvalue weighted by Gasteiger charge is 2.27. The van der Waals surface area contributed by atoms with Gasteiger partial charge in [0.1, 0.15) is 16.7 Å². The van der Waals surface area contributed by atoms with Crippen LogP contribution in [0.25, 0.3) is 33.3 Å². The smallest absolute Gasteiger partial charge is 0.150 e. The number of nitrogens with one attached hydrogen (secondary N) is 1. The third kappa shape index (κ3) is 5.72. The van der Waals surface area contributed by atoms with Crippen molar-refractivity contribution in [3.05, 3.63) is 148 Å². The maximum absolute atomic E-state index is 5.19. The van der Waals surface area contributed by atoms with Gasteiger partial charge in [-0.2, -0.15) is 0 Å². The molecule has 8 rings (SSSR count). The summed E-state index contributed by atoms with van der Waals surface area (Å²) in [5.74, 6) is 2.08. The normalized spacial score (nSPS) is 20.7. The highest BCUT2D eigenvalue weighted by Crippen LogP contribution is 2.31. The molecule has 2 atom stereocenters. The summed E-state index contributed by atoms with van der Waals surface area (Å²) in [6.07, 6.45) is 20.5. The Kier molecular flexibility index (Phi) is 7.53. The quantitative estimate of drug-likeness (QED) is 0.245. The number of nitrogens with zero attached hydrogens (tertiary/aromatic N) is 3. The van der Waals surface area contributed by atoms with Crippen LogP contribution in [0.4, 0.5) is 0 Å². The van der Waals surface area contributed by atoms with Crippen LogP contribution in [-0.4, -0.2) is 22.8 Å². The Labute approximate surface area is 268 Å². The van der Waals surface area contributed by atoms with Gasteiger partial charge >= 0.3 is 0 Å². The SMILES string of the molecule is C1=CCC(C2N=C(C3=CC=C(C4=c5nc(-c6ccccc6)sc5=CCC4)CC3)NC(c3ccc(-c4ccccc4)cc3)=N2)C=C1. The predicted molar refractivity (Wildman–Crippen MR) is 188 cm³/mol. The fraction of sp³-hybridized carbons (Fsp3) is 0.175. The molecule has 0 amide bonds. The number of benzene rings is 3. The van der Waals surface area contributed by atoms with Gasteiger partial charge < -0.3 is 5.32 Å². The van der Waals surface area contributed by atoms with Crippen LogP contribution < -0.4 is 15.2 Å². The fourth-order valence-electron chi connectivity index (χ4n) is 6.50. The van der Waals surface area contributed by atoms with E-state index in [9.17, 15) is 0 Å². The second kappa shape index (κ2) is 12.3. The third-order valence-electron chi connectivity index (χ3n) is 8.95. The molecule has 220 valence electrons. The zero-order chi connectivity index (χ0) is 30.0. The number of fused-ring (bicyclic) bond motifs is 1. The second-order valence-electron chi connectivity index (χ2n) is 11.9. The lowest BCUT2D eigenvalue weighted by atomic mass is 9.89. The van der Waals surface area contributed by atoms with E-state index in [-0.39, 0.29) is 12.1 Å². The molecule has 0 fully saturated rings. The van der Waals surface area contributed by atoms with Crippen molar-refractivity contribution in [3.63, 3.8) is 0 Å². The van der Waals surface area contributed by atoms with Crippen molar-refractivity contribution >= 4 is 34.7 Å². The first-order chi connectivity index (χ1) is 22.3. The van der Waals surface area contributed by atoms with Gasteiger partial charge in [-0.1, -0.05) is 127 Å². The lowest BCUT2D eigenvalue weighted by Gasteiger charge is -2.28. The molecule has 4 nitrogen and oxygen atoms in total. The zero-order valence-corrected chi connectivity index (χ0v) is 25.9. The monoisotopic (exact) mass is 602 g/mol. The summed E-state index contributed by atoms with van der Waals surface area (Å²) < 4.78 is 1.31. The number of aromatic nitrogens is 1. The molecule has 1 aromatic heterocycles. The Balaban J connectivity index is 1.10. The molecule has 2 heterocycles. The largest absolute Gasteiger partial charge is 0.325 e. The van der Waals surface area contributed by atoms with Crippen LogP contribution in [-0.2, 0) is 0 Å². The molecular formula is C40H34N4S. The Hall–Kier alpha value is -4.87. The van der Waals surface area contributed by atoms with Gasteiger partial charge in [0.05, 0.1) is 9.88 Å². The average molecular weight is 603 g/mol. The minimum Gasteiger partial charge on any atom is -0.325 e. The van der Waals surface area contributed by atoms with E-state index in [2.05, 4.69) is 133 Å². The van der Waals surface area contributed by atoms with Gasteiger partial charge in [0.25, 0.3) is 0 Å². The van der Waals surface area contributed by atoms with Crippen LogP contribution >= 0.6 is 11.3 Å². The molecule has 0 spiro atoms. The van der Waals surface area contributed by atoms with E-state index in [0.29, 0.717) is 0 Å². The van der Waals surface area contributed by atoms with Crippen LogP contribution in [0.2, 0.25) is 0 Å². The third-order valence-corrected chi connectivity index (χ3v) is 10.0. The highest BCUT2D eigenvalue weighted by molar-refractivity contribution is 7.13. The number of amidine groups is 2. The van der Waals surface area contributed by atoms with Crippen LogP contribution in [0.15, 0.2) is 143 Å². The molecule has 1 N–H and O–H groups in total. The molecule has 0 bridgehead atoms. The summed E-state index contributed by atoms with van der Waals surface area (Å²) in [4.78, 5) is 15.5. The maximum Gasteiger partial charge on any atom is 0.150 e. The molecule has 0 saturated heterocycles. The minimum absolute atomic E-state index is 0.158. The van der Waals surface area contributed by atoms with Crippen molar-refractivity contribution in [3.8, 4) is 21.7 Å². The number of aliphatic imine (C=N–C) groups is 2. The van der Waals surface area contributed by atoms with E-state index in [1.54, 1.807) is 0 Å². The molecule has 3 aliphatic carbocycles. The van der Waals surface area contributed by atoms with E-state index in [1.165, 1.54) is 43.3 Å². The number of hydrogen-bond donors (Lipinski definition) is 1. The lowest BCUT2D eigenvalue weighted by molar-refractivity contribution is 0.516. The van der Waals surface area contributed by atoms with E-state index in [4.69, 9.17) is 15.0 Å². The van der Waals surface area contributed by atoms with Gasteiger partial charge in [0.2, 0.25) is 0 Å². The first-order valence-electron chi connectivity index (χ1n) is 15.9. The Morgan fingerprint density at radius 2 is 1.36 bits per heavy atom. The van der Waals surface area contributed by atoms with Crippen molar-refractivity contribution in [2.45, 2.75) is 38.3 Å². The average Bonchev–Trinajstić information content (AvgIpc) is 3.58. The summed E-state index contributed by atoms with van der Waals surface area (Å²) in [5.41, 5.74) is 8.72. The van der Waals surface area contributed by atoms with Crippen molar-refractivity contribution in [1.29, 1.82) is 0 Å².